The third kappa shape index (κ3) is 4.38. The Kier molecular flexibility index (Phi) is 5.79. The summed E-state index contributed by atoms with van der Waals surface area (Å²) in [4.78, 5) is 0. The molecule has 0 aliphatic heterocycles. The van der Waals surface area contributed by atoms with E-state index >= 15 is 0 Å². The van der Waals surface area contributed by atoms with Crippen molar-refractivity contribution < 1.29 is 0 Å². The van der Waals surface area contributed by atoms with Crippen LogP contribution in [0, 0.1) is 5.92 Å². The molecule has 1 unspecified atom stereocenters. The van der Waals surface area contributed by atoms with Crippen LogP contribution in [0.4, 0.5) is 0 Å². The van der Waals surface area contributed by atoms with Gasteiger partial charge >= 0.3 is 0 Å². The van der Waals surface area contributed by atoms with Crippen LogP contribution in [0.3, 0.4) is 0 Å². The van der Waals surface area contributed by atoms with Gasteiger partial charge in [0, 0.05) is 0 Å². The standard InChI is InChI=1S/C12H22/c1-6-8-11(5)9-12(7-2)10(3)4/h9,12H,3,6-8H2,1-2,4-5H3. The summed E-state index contributed by atoms with van der Waals surface area (Å²) in [6.07, 6.45) is 6.01. The van der Waals surface area contributed by atoms with Gasteiger partial charge in [-0.3, -0.25) is 0 Å². The molecule has 70 valence electrons. The van der Waals surface area contributed by atoms with Gasteiger partial charge < -0.3 is 0 Å². The highest BCUT2D eigenvalue weighted by atomic mass is 14.1. The van der Waals surface area contributed by atoms with Gasteiger partial charge in [0.15, 0.2) is 0 Å². The van der Waals surface area contributed by atoms with Crippen LogP contribution >= 0.6 is 0 Å². The number of allylic oxidation sites excluding steroid dienone is 3. The Morgan fingerprint density at radius 2 is 1.92 bits per heavy atom. The minimum Gasteiger partial charge on any atom is -0.0995 e. The second-order valence-corrected chi connectivity index (χ2v) is 3.62. The molecule has 0 heterocycles. The molecule has 0 spiro atoms. The molecule has 1 atom stereocenters. The summed E-state index contributed by atoms with van der Waals surface area (Å²) in [5, 5.41) is 0. The zero-order chi connectivity index (χ0) is 9.56. The maximum Gasteiger partial charge on any atom is -0.00288 e. The lowest BCUT2D eigenvalue weighted by Crippen LogP contribution is -1.96. The molecule has 0 nitrogen and oxygen atoms in total. The normalized spacial score (nSPS) is 14.5. The summed E-state index contributed by atoms with van der Waals surface area (Å²) in [7, 11) is 0. The van der Waals surface area contributed by atoms with Gasteiger partial charge in [-0.25, -0.2) is 0 Å². The molecule has 0 aliphatic rings. The molecule has 0 amide bonds. The first kappa shape index (κ1) is 11.5. The molecule has 0 rings (SSSR count). The average molecular weight is 166 g/mol. The minimum absolute atomic E-state index is 0.594. The van der Waals surface area contributed by atoms with E-state index in [0.717, 1.165) is 0 Å². The van der Waals surface area contributed by atoms with Crippen LogP contribution in [0.15, 0.2) is 23.8 Å². The van der Waals surface area contributed by atoms with Crippen molar-refractivity contribution in [3.8, 4) is 0 Å². The summed E-state index contributed by atoms with van der Waals surface area (Å²) in [6.45, 7) is 12.8. The molecule has 0 aromatic heterocycles. The highest BCUT2D eigenvalue weighted by Crippen LogP contribution is 2.17. The molecular weight excluding hydrogens is 144 g/mol. The quantitative estimate of drug-likeness (QED) is 0.533. The predicted molar refractivity (Wildman–Crippen MR) is 57.3 cm³/mol. The molecule has 0 heteroatoms. The molecule has 0 saturated carbocycles. The smallest absolute Gasteiger partial charge is 0.00288 e. The molecule has 0 radical (unpaired) electrons. The first-order valence-electron chi connectivity index (χ1n) is 4.94. The van der Waals surface area contributed by atoms with E-state index in [1.807, 2.05) is 0 Å². The van der Waals surface area contributed by atoms with E-state index < -0.39 is 0 Å². The van der Waals surface area contributed by atoms with E-state index in [2.05, 4.69) is 40.3 Å². The Labute approximate surface area is 77.4 Å². The van der Waals surface area contributed by atoms with Crippen LogP contribution in [-0.2, 0) is 0 Å². The Hall–Kier alpha value is -0.520. The van der Waals surface area contributed by atoms with Crippen molar-refractivity contribution in [2.24, 2.45) is 5.92 Å². The first-order chi connectivity index (χ1) is 5.61. The van der Waals surface area contributed by atoms with Crippen LogP contribution in [-0.4, -0.2) is 0 Å². The maximum absolute atomic E-state index is 3.99. The van der Waals surface area contributed by atoms with Gasteiger partial charge in [-0.2, -0.15) is 0 Å². The summed E-state index contributed by atoms with van der Waals surface area (Å²) in [6, 6.07) is 0. The summed E-state index contributed by atoms with van der Waals surface area (Å²) < 4.78 is 0. The lowest BCUT2D eigenvalue weighted by Gasteiger charge is -2.10. The molecule has 0 aromatic carbocycles. The number of hydrogen-bond acceptors (Lipinski definition) is 0. The molecule has 0 aromatic rings. The zero-order valence-electron chi connectivity index (χ0n) is 8.98. The highest BCUT2D eigenvalue weighted by molar-refractivity contribution is 5.11. The minimum atomic E-state index is 0.594. The van der Waals surface area contributed by atoms with E-state index in [-0.39, 0.29) is 0 Å². The molecule has 12 heavy (non-hydrogen) atoms. The number of rotatable bonds is 5. The topological polar surface area (TPSA) is 0 Å². The summed E-state index contributed by atoms with van der Waals surface area (Å²) >= 11 is 0. The fourth-order valence-electron chi connectivity index (χ4n) is 1.43. The second kappa shape index (κ2) is 6.05. The van der Waals surface area contributed by atoms with Gasteiger partial charge in [0.1, 0.15) is 0 Å². The monoisotopic (exact) mass is 166 g/mol. The Morgan fingerprint density at radius 3 is 2.25 bits per heavy atom. The SMILES string of the molecule is C=C(C)C(C=C(C)CCC)CC. The average Bonchev–Trinajstić information content (AvgIpc) is 2.00. The van der Waals surface area contributed by atoms with Crippen LogP contribution < -0.4 is 0 Å². The van der Waals surface area contributed by atoms with Gasteiger partial charge in [0.05, 0.1) is 0 Å². The fraction of sp³-hybridized carbons (Fsp3) is 0.667. The maximum atomic E-state index is 3.99. The Morgan fingerprint density at radius 1 is 1.33 bits per heavy atom. The van der Waals surface area contributed by atoms with Crippen molar-refractivity contribution in [2.75, 3.05) is 0 Å². The van der Waals surface area contributed by atoms with E-state index in [1.54, 1.807) is 0 Å². The third-order valence-electron chi connectivity index (χ3n) is 2.20. The van der Waals surface area contributed by atoms with E-state index in [9.17, 15) is 0 Å². The largest absolute Gasteiger partial charge is 0.0995 e. The van der Waals surface area contributed by atoms with Crippen molar-refractivity contribution in [3.05, 3.63) is 23.8 Å². The summed E-state index contributed by atoms with van der Waals surface area (Å²) in [5.74, 6) is 0.594. The molecule has 0 saturated heterocycles. The highest BCUT2D eigenvalue weighted by Gasteiger charge is 2.02. The van der Waals surface area contributed by atoms with Crippen LogP contribution in [0.5, 0.6) is 0 Å². The van der Waals surface area contributed by atoms with Gasteiger partial charge in [-0.1, -0.05) is 44.1 Å². The van der Waals surface area contributed by atoms with Crippen molar-refractivity contribution in [1.29, 1.82) is 0 Å². The Balaban J connectivity index is 4.15. The predicted octanol–water partition coefficient (Wildman–Crippen LogP) is 4.34. The molecular formula is C12H22. The van der Waals surface area contributed by atoms with Gasteiger partial charge in [-0.05, 0) is 32.6 Å². The lowest BCUT2D eigenvalue weighted by molar-refractivity contribution is 0.716. The van der Waals surface area contributed by atoms with Gasteiger partial charge in [0.25, 0.3) is 0 Å². The van der Waals surface area contributed by atoms with Gasteiger partial charge in [-0.15, -0.1) is 0 Å². The van der Waals surface area contributed by atoms with E-state index in [4.69, 9.17) is 0 Å². The Bertz CT molecular complexity index is 163. The van der Waals surface area contributed by atoms with Crippen LogP contribution in [0.2, 0.25) is 0 Å². The van der Waals surface area contributed by atoms with E-state index in [1.165, 1.54) is 30.4 Å². The molecule has 0 fully saturated rings. The van der Waals surface area contributed by atoms with Crippen LogP contribution in [0.25, 0.3) is 0 Å². The zero-order valence-corrected chi connectivity index (χ0v) is 8.98. The lowest BCUT2D eigenvalue weighted by atomic mass is 9.95. The fourth-order valence-corrected chi connectivity index (χ4v) is 1.43. The molecule has 0 aliphatic carbocycles. The third-order valence-corrected chi connectivity index (χ3v) is 2.20. The van der Waals surface area contributed by atoms with Crippen molar-refractivity contribution >= 4 is 0 Å². The molecule has 0 N–H and O–H groups in total. The van der Waals surface area contributed by atoms with Crippen molar-refractivity contribution in [2.45, 2.75) is 47.0 Å². The van der Waals surface area contributed by atoms with E-state index in [0.29, 0.717) is 5.92 Å². The number of hydrogen-bond donors (Lipinski definition) is 0. The first-order valence-corrected chi connectivity index (χ1v) is 4.94. The summed E-state index contributed by atoms with van der Waals surface area (Å²) in [5.41, 5.74) is 2.79. The van der Waals surface area contributed by atoms with Crippen LogP contribution in [0.1, 0.15) is 47.0 Å². The molecule has 0 bridgehead atoms. The van der Waals surface area contributed by atoms with Gasteiger partial charge in [0.2, 0.25) is 0 Å². The van der Waals surface area contributed by atoms with Crippen molar-refractivity contribution in [3.63, 3.8) is 0 Å². The van der Waals surface area contributed by atoms with Crippen molar-refractivity contribution in [1.82, 2.24) is 0 Å². The second-order valence-electron chi connectivity index (χ2n) is 3.62.